The van der Waals surface area contributed by atoms with Crippen LogP contribution in [0.15, 0.2) is 12.3 Å². The molecule has 0 spiro atoms. The SMILES string of the molecule is CCS(=O)(=O)C[C@H]1C[C@@H](Nc2nc(NCC3CC3)nc(C)c2-c2nc3c(C4CC4)nccc3s2)[C@H](O)[C@@H]1O. The number of sulfone groups is 1. The Morgan fingerprint density at radius 3 is 2.61 bits per heavy atom. The van der Waals surface area contributed by atoms with Crippen molar-refractivity contribution in [2.75, 3.05) is 28.7 Å². The maximum absolute atomic E-state index is 12.2. The fourth-order valence-corrected chi connectivity index (χ4v) is 7.55. The van der Waals surface area contributed by atoms with Crippen LogP contribution in [-0.4, -0.2) is 74.9 Å². The van der Waals surface area contributed by atoms with Crippen LogP contribution in [0.1, 0.15) is 56.3 Å². The summed E-state index contributed by atoms with van der Waals surface area (Å²) in [4.78, 5) is 19.1. The van der Waals surface area contributed by atoms with E-state index in [0.717, 1.165) is 51.6 Å². The van der Waals surface area contributed by atoms with Gasteiger partial charge in [-0.1, -0.05) is 6.92 Å². The van der Waals surface area contributed by atoms with Gasteiger partial charge in [0.1, 0.15) is 32.3 Å². The van der Waals surface area contributed by atoms with Crippen LogP contribution >= 0.6 is 11.3 Å². The van der Waals surface area contributed by atoms with Crippen LogP contribution in [0, 0.1) is 18.8 Å². The number of thiazole rings is 1. The highest BCUT2D eigenvalue weighted by Crippen LogP contribution is 2.44. The number of nitrogens with one attached hydrogen (secondary N) is 2. The van der Waals surface area contributed by atoms with Gasteiger partial charge in [-0.2, -0.15) is 4.98 Å². The molecule has 10 nitrogen and oxygen atoms in total. The molecular formula is C26H34N6O4S2. The molecule has 3 saturated carbocycles. The number of hydrogen-bond acceptors (Lipinski definition) is 11. The second-order valence-corrected chi connectivity index (χ2v) is 14.4. The molecule has 3 aromatic rings. The summed E-state index contributed by atoms with van der Waals surface area (Å²) in [6, 6.07) is 1.41. The van der Waals surface area contributed by atoms with E-state index in [1.54, 1.807) is 18.3 Å². The van der Waals surface area contributed by atoms with Crippen molar-refractivity contribution in [1.29, 1.82) is 0 Å². The van der Waals surface area contributed by atoms with Gasteiger partial charge in [-0.3, -0.25) is 4.98 Å². The van der Waals surface area contributed by atoms with Crippen LogP contribution < -0.4 is 10.6 Å². The Kier molecular flexibility index (Phi) is 6.78. The quantitative estimate of drug-likeness (QED) is 0.292. The largest absolute Gasteiger partial charge is 0.390 e. The fourth-order valence-electron chi connectivity index (χ4n) is 5.26. The van der Waals surface area contributed by atoms with Crippen molar-refractivity contribution in [2.45, 2.75) is 70.1 Å². The number of aliphatic hydroxyl groups is 2. The number of aromatic nitrogens is 4. The lowest BCUT2D eigenvalue weighted by Gasteiger charge is -2.21. The molecule has 0 saturated heterocycles. The second-order valence-electron chi connectivity index (χ2n) is 10.9. The maximum atomic E-state index is 12.2. The number of hydrogen-bond donors (Lipinski definition) is 4. The Bertz CT molecular complexity index is 1450. The minimum atomic E-state index is -3.30. The van der Waals surface area contributed by atoms with E-state index in [-0.39, 0.29) is 11.5 Å². The molecule has 4 N–H and O–H groups in total. The Morgan fingerprint density at radius 1 is 1.11 bits per heavy atom. The van der Waals surface area contributed by atoms with E-state index in [1.807, 2.05) is 19.2 Å². The average Bonchev–Trinajstić information content (AvgIpc) is 3.82. The summed E-state index contributed by atoms with van der Waals surface area (Å²) in [5.74, 6) is 1.42. The van der Waals surface area contributed by atoms with E-state index in [0.29, 0.717) is 30.0 Å². The minimum Gasteiger partial charge on any atom is -0.390 e. The van der Waals surface area contributed by atoms with Gasteiger partial charge in [0.2, 0.25) is 5.95 Å². The molecule has 12 heteroatoms. The standard InChI is InChI=1S/C26H34N6O4S2/c1-3-38(35,36)12-16-10-17(23(34)22(16)33)30-24-19(13(2)29-26(32-24)28-11-14-4-5-14)25-31-21-18(37-25)8-9-27-20(21)15-6-7-15/h8-9,14-17,22-23,33-34H,3-7,10-12H2,1-2H3,(H2,28,29,30,32)/t16-,17-,22-,23+/m1/s1. The van der Waals surface area contributed by atoms with E-state index in [2.05, 4.69) is 15.6 Å². The average molecular weight is 559 g/mol. The summed E-state index contributed by atoms with van der Waals surface area (Å²) in [7, 11) is -3.30. The van der Waals surface area contributed by atoms with E-state index in [9.17, 15) is 18.6 Å². The highest BCUT2D eigenvalue weighted by molar-refractivity contribution is 7.91. The summed E-state index contributed by atoms with van der Waals surface area (Å²) < 4.78 is 25.5. The third-order valence-corrected chi connectivity index (χ3v) is 10.7. The number of aryl methyl sites for hydroxylation is 1. The third-order valence-electron chi connectivity index (χ3n) is 7.88. The highest BCUT2D eigenvalue weighted by atomic mass is 32.2. The van der Waals surface area contributed by atoms with E-state index >= 15 is 0 Å². The normalized spacial score (nSPS) is 25.7. The number of pyridine rings is 1. The van der Waals surface area contributed by atoms with Crippen molar-refractivity contribution >= 4 is 43.2 Å². The first-order chi connectivity index (χ1) is 18.2. The molecule has 0 aromatic carbocycles. The summed E-state index contributed by atoms with van der Waals surface area (Å²) in [6.45, 7) is 4.32. The molecule has 3 aliphatic carbocycles. The van der Waals surface area contributed by atoms with Crippen molar-refractivity contribution in [2.24, 2.45) is 11.8 Å². The molecule has 0 bridgehead atoms. The van der Waals surface area contributed by atoms with E-state index in [1.165, 1.54) is 12.8 Å². The number of nitrogens with zero attached hydrogens (tertiary/aromatic N) is 4. The van der Waals surface area contributed by atoms with Gasteiger partial charge in [0.05, 0.1) is 39.5 Å². The number of rotatable bonds is 10. The van der Waals surface area contributed by atoms with Crippen molar-refractivity contribution in [1.82, 2.24) is 19.9 Å². The molecule has 3 heterocycles. The summed E-state index contributed by atoms with van der Waals surface area (Å²) in [5.41, 5.74) is 3.45. The molecule has 0 unspecified atom stereocenters. The van der Waals surface area contributed by atoms with Gasteiger partial charge in [-0.25, -0.2) is 18.4 Å². The highest BCUT2D eigenvalue weighted by Gasteiger charge is 2.43. The number of fused-ring (bicyclic) bond motifs is 1. The Morgan fingerprint density at radius 2 is 1.89 bits per heavy atom. The lowest BCUT2D eigenvalue weighted by Crippen LogP contribution is -2.36. The zero-order valence-electron chi connectivity index (χ0n) is 21.6. The third kappa shape index (κ3) is 5.23. The van der Waals surface area contributed by atoms with Gasteiger partial charge in [-0.15, -0.1) is 11.3 Å². The Hall–Kier alpha value is -2.41. The van der Waals surface area contributed by atoms with Gasteiger partial charge in [0, 0.05) is 30.3 Å². The minimum absolute atomic E-state index is 0.00496. The molecule has 0 radical (unpaired) electrons. The summed E-state index contributed by atoms with van der Waals surface area (Å²) >= 11 is 1.56. The van der Waals surface area contributed by atoms with Crippen LogP contribution in [0.3, 0.4) is 0 Å². The zero-order chi connectivity index (χ0) is 26.6. The molecule has 3 aliphatic rings. The van der Waals surface area contributed by atoms with E-state index < -0.39 is 34.0 Å². The molecule has 3 fully saturated rings. The first kappa shape index (κ1) is 25.8. The first-order valence-corrected chi connectivity index (χ1v) is 16.1. The topological polar surface area (TPSA) is 150 Å². The smallest absolute Gasteiger partial charge is 0.224 e. The Balaban J connectivity index is 1.35. The van der Waals surface area contributed by atoms with Crippen LogP contribution in [0.4, 0.5) is 11.8 Å². The van der Waals surface area contributed by atoms with Crippen LogP contribution in [-0.2, 0) is 9.84 Å². The number of anilines is 2. The van der Waals surface area contributed by atoms with Crippen molar-refractivity contribution in [3.05, 3.63) is 23.7 Å². The van der Waals surface area contributed by atoms with Crippen molar-refractivity contribution in [3.8, 4) is 10.6 Å². The molecular weight excluding hydrogens is 524 g/mol. The molecule has 0 amide bonds. The van der Waals surface area contributed by atoms with Crippen LogP contribution in [0.5, 0.6) is 0 Å². The van der Waals surface area contributed by atoms with Gasteiger partial charge in [-0.05, 0) is 51.0 Å². The van der Waals surface area contributed by atoms with Gasteiger partial charge < -0.3 is 20.8 Å². The van der Waals surface area contributed by atoms with Crippen molar-refractivity contribution in [3.63, 3.8) is 0 Å². The van der Waals surface area contributed by atoms with Gasteiger partial charge in [0.25, 0.3) is 0 Å². The molecule has 4 atom stereocenters. The Labute approximate surface area is 226 Å². The zero-order valence-corrected chi connectivity index (χ0v) is 23.2. The van der Waals surface area contributed by atoms with E-state index in [4.69, 9.17) is 15.0 Å². The maximum Gasteiger partial charge on any atom is 0.224 e. The lowest BCUT2D eigenvalue weighted by atomic mass is 10.1. The molecule has 6 rings (SSSR count). The lowest BCUT2D eigenvalue weighted by molar-refractivity contribution is 0.0216. The van der Waals surface area contributed by atoms with Crippen molar-refractivity contribution < 1.29 is 18.6 Å². The van der Waals surface area contributed by atoms with Gasteiger partial charge in [0.15, 0.2) is 0 Å². The predicted octanol–water partition coefficient (Wildman–Crippen LogP) is 3.11. The molecule has 0 aliphatic heterocycles. The summed E-state index contributed by atoms with van der Waals surface area (Å²) in [5, 5.41) is 29.0. The van der Waals surface area contributed by atoms with Crippen LogP contribution in [0.2, 0.25) is 0 Å². The predicted molar refractivity (Wildman–Crippen MR) is 148 cm³/mol. The molecule has 38 heavy (non-hydrogen) atoms. The monoisotopic (exact) mass is 558 g/mol. The fraction of sp³-hybridized carbons (Fsp3) is 0.615. The summed E-state index contributed by atoms with van der Waals surface area (Å²) in [6.07, 6.45) is 4.55. The second kappa shape index (κ2) is 9.96. The first-order valence-electron chi connectivity index (χ1n) is 13.4. The number of aliphatic hydroxyl groups excluding tert-OH is 2. The van der Waals surface area contributed by atoms with Gasteiger partial charge >= 0.3 is 0 Å². The molecule has 204 valence electrons. The molecule has 3 aromatic heterocycles. The van der Waals surface area contributed by atoms with Crippen LogP contribution in [0.25, 0.3) is 20.8 Å².